The van der Waals surface area contributed by atoms with Gasteiger partial charge in [0.1, 0.15) is 11.5 Å². The number of ether oxygens (including phenoxy) is 2. The van der Waals surface area contributed by atoms with Crippen molar-refractivity contribution in [3.63, 3.8) is 0 Å². The second-order valence-electron chi connectivity index (χ2n) is 6.90. The molecule has 28 heavy (non-hydrogen) atoms. The number of hydrogen-bond donors (Lipinski definition) is 1. The van der Waals surface area contributed by atoms with E-state index in [0.717, 1.165) is 0 Å². The molecule has 1 fully saturated rings. The number of carbonyl (C=O) groups excluding carboxylic acids is 3. The van der Waals surface area contributed by atoms with Gasteiger partial charge < -0.3 is 14.8 Å². The minimum absolute atomic E-state index is 0.0136. The fourth-order valence-corrected chi connectivity index (χ4v) is 3.81. The first-order chi connectivity index (χ1) is 13.5. The van der Waals surface area contributed by atoms with Gasteiger partial charge in [0.25, 0.3) is 5.91 Å². The fraction of sp³-hybridized carbons (Fsp3) is 0.286. The van der Waals surface area contributed by atoms with E-state index in [2.05, 4.69) is 5.32 Å². The molecule has 3 amide bonds. The minimum atomic E-state index is -1.13. The summed E-state index contributed by atoms with van der Waals surface area (Å²) in [5.74, 6) is 0.679. The van der Waals surface area contributed by atoms with Gasteiger partial charge in [-0.2, -0.15) is 0 Å². The second kappa shape index (κ2) is 6.67. The molecule has 1 saturated heterocycles. The summed E-state index contributed by atoms with van der Waals surface area (Å²) in [5.41, 5.74) is 0.619. The van der Waals surface area contributed by atoms with Gasteiger partial charge in [0.05, 0.1) is 20.3 Å². The van der Waals surface area contributed by atoms with E-state index in [1.54, 1.807) is 30.3 Å². The molecule has 2 aromatic carbocycles. The Morgan fingerprint density at radius 3 is 2.79 bits per heavy atom. The topological polar surface area (TPSA) is 84.9 Å². The summed E-state index contributed by atoms with van der Waals surface area (Å²) in [5, 5.41) is 2.87. The van der Waals surface area contributed by atoms with Crippen LogP contribution in [0.5, 0.6) is 11.5 Å². The SMILES string of the molecule is COc1ccc(C(C)=O)cc1CN1C(=O)NC2(CCOc3ccccc32)C1=O. The van der Waals surface area contributed by atoms with E-state index in [-0.39, 0.29) is 18.2 Å². The van der Waals surface area contributed by atoms with E-state index < -0.39 is 11.6 Å². The lowest BCUT2D eigenvalue weighted by molar-refractivity contribution is -0.133. The number of ketones is 1. The normalized spacial score (nSPS) is 20.6. The second-order valence-corrected chi connectivity index (χ2v) is 6.90. The van der Waals surface area contributed by atoms with E-state index >= 15 is 0 Å². The van der Waals surface area contributed by atoms with Crippen molar-refractivity contribution in [1.29, 1.82) is 0 Å². The summed E-state index contributed by atoms with van der Waals surface area (Å²) in [7, 11) is 1.51. The highest BCUT2D eigenvalue weighted by atomic mass is 16.5. The molecule has 7 nitrogen and oxygen atoms in total. The van der Waals surface area contributed by atoms with Gasteiger partial charge in [0.15, 0.2) is 11.3 Å². The van der Waals surface area contributed by atoms with Gasteiger partial charge in [0, 0.05) is 23.1 Å². The van der Waals surface area contributed by atoms with Crippen LogP contribution < -0.4 is 14.8 Å². The highest BCUT2D eigenvalue weighted by Crippen LogP contribution is 2.41. The van der Waals surface area contributed by atoms with Gasteiger partial charge in [-0.1, -0.05) is 18.2 Å². The number of nitrogens with zero attached hydrogens (tertiary/aromatic N) is 1. The summed E-state index contributed by atoms with van der Waals surface area (Å²) < 4.78 is 11.0. The molecule has 2 aliphatic rings. The third-order valence-electron chi connectivity index (χ3n) is 5.27. The molecule has 0 bridgehead atoms. The molecule has 7 heteroatoms. The Hall–Kier alpha value is -3.35. The molecule has 2 aromatic rings. The smallest absolute Gasteiger partial charge is 0.325 e. The van der Waals surface area contributed by atoms with Crippen LogP contribution in [0.2, 0.25) is 0 Å². The maximum Gasteiger partial charge on any atom is 0.325 e. The van der Waals surface area contributed by atoms with E-state index in [0.29, 0.717) is 41.2 Å². The Kier molecular flexibility index (Phi) is 4.30. The number of fused-ring (bicyclic) bond motifs is 2. The zero-order valence-corrected chi connectivity index (χ0v) is 15.7. The number of imide groups is 1. The molecular weight excluding hydrogens is 360 g/mol. The third-order valence-corrected chi connectivity index (χ3v) is 5.27. The number of nitrogens with one attached hydrogen (secondary N) is 1. The minimum Gasteiger partial charge on any atom is -0.496 e. The van der Waals surface area contributed by atoms with E-state index in [1.807, 2.05) is 12.1 Å². The molecule has 0 aliphatic carbocycles. The first kappa shape index (κ1) is 18.0. The maximum atomic E-state index is 13.4. The molecule has 4 rings (SSSR count). The number of benzene rings is 2. The Bertz CT molecular complexity index is 987. The Morgan fingerprint density at radius 2 is 2.04 bits per heavy atom. The Morgan fingerprint density at radius 1 is 1.25 bits per heavy atom. The molecular formula is C21H20N2O5. The zero-order valence-electron chi connectivity index (χ0n) is 15.7. The van der Waals surface area contributed by atoms with Crippen molar-refractivity contribution in [2.45, 2.75) is 25.4 Å². The van der Waals surface area contributed by atoms with Crippen molar-refractivity contribution in [3.8, 4) is 11.5 Å². The molecule has 0 saturated carbocycles. The average Bonchev–Trinajstić information content (AvgIpc) is 2.93. The maximum absolute atomic E-state index is 13.4. The molecule has 0 radical (unpaired) electrons. The van der Waals surface area contributed by atoms with Gasteiger partial charge in [0.2, 0.25) is 0 Å². The zero-order chi connectivity index (χ0) is 19.9. The summed E-state index contributed by atoms with van der Waals surface area (Å²) in [6, 6.07) is 11.7. The van der Waals surface area contributed by atoms with Crippen LogP contribution in [0.15, 0.2) is 42.5 Å². The predicted molar refractivity (Wildman–Crippen MR) is 100 cm³/mol. The van der Waals surface area contributed by atoms with Crippen LogP contribution in [-0.2, 0) is 16.9 Å². The highest BCUT2D eigenvalue weighted by molar-refractivity contribution is 6.08. The van der Waals surface area contributed by atoms with Crippen LogP contribution in [0.25, 0.3) is 0 Å². The number of urea groups is 1. The van der Waals surface area contributed by atoms with Crippen molar-refractivity contribution in [2.24, 2.45) is 0 Å². The molecule has 0 aromatic heterocycles. The van der Waals surface area contributed by atoms with Gasteiger partial charge in [-0.05, 0) is 31.2 Å². The molecule has 1 spiro atoms. The van der Waals surface area contributed by atoms with E-state index in [9.17, 15) is 14.4 Å². The number of carbonyl (C=O) groups is 3. The quantitative estimate of drug-likeness (QED) is 0.651. The molecule has 2 aliphatic heterocycles. The highest BCUT2D eigenvalue weighted by Gasteiger charge is 2.54. The Labute approximate surface area is 162 Å². The van der Waals surface area contributed by atoms with Crippen LogP contribution in [-0.4, -0.2) is 36.3 Å². The van der Waals surface area contributed by atoms with Crippen molar-refractivity contribution in [1.82, 2.24) is 10.2 Å². The number of hydrogen-bond acceptors (Lipinski definition) is 5. The van der Waals surface area contributed by atoms with Crippen LogP contribution >= 0.6 is 0 Å². The number of Topliss-reactive ketones (excluding diaryl/α,β-unsaturated/α-hetero) is 1. The molecule has 144 valence electrons. The number of methoxy groups -OCH3 is 1. The molecule has 2 heterocycles. The Balaban J connectivity index is 1.71. The van der Waals surface area contributed by atoms with Crippen LogP contribution in [0.3, 0.4) is 0 Å². The largest absolute Gasteiger partial charge is 0.496 e. The standard InChI is InChI=1S/C21H20N2O5/c1-13(24)14-7-8-17(27-2)15(11-14)12-23-19(25)21(22-20(23)26)9-10-28-18-6-4-3-5-16(18)21/h3-8,11H,9-10,12H2,1-2H3,(H,22,26). The molecule has 1 unspecified atom stereocenters. The van der Waals surface area contributed by atoms with Crippen molar-refractivity contribution in [3.05, 3.63) is 59.2 Å². The van der Waals surface area contributed by atoms with Crippen molar-refractivity contribution < 1.29 is 23.9 Å². The summed E-state index contributed by atoms with van der Waals surface area (Å²) in [6.07, 6.45) is 0.357. The van der Waals surface area contributed by atoms with Gasteiger partial charge >= 0.3 is 6.03 Å². The summed E-state index contributed by atoms with van der Waals surface area (Å²) >= 11 is 0. The predicted octanol–water partition coefficient (Wildman–Crippen LogP) is 2.63. The lowest BCUT2D eigenvalue weighted by atomic mass is 9.84. The van der Waals surface area contributed by atoms with Crippen molar-refractivity contribution >= 4 is 17.7 Å². The molecule has 1 atom stereocenters. The average molecular weight is 380 g/mol. The monoisotopic (exact) mass is 380 g/mol. The van der Waals surface area contributed by atoms with Gasteiger partial charge in [-0.3, -0.25) is 14.5 Å². The fourth-order valence-electron chi connectivity index (χ4n) is 3.81. The van der Waals surface area contributed by atoms with Crippen molar-refractivity contribution in [2.75, 3.05) is 13.7 Å². The summed E-state index contributed by atoms with van der Waals surface area (Å²) in [4.78, 5) is 39.0. The lowest BCUT2D eigenvalue weighted by Gasteiger charge is -2.33. The van der Waals surface area contributed by atoms with Gasteiger partial charge in [-0.25, -0.2) is 4.79 Å². The van der Waals surface area contributed by atoms with E-state index in [1.165, 1.54) is 18.9 Å². The van der Waals surface area contributed by atoms with Crippen LogP contribution in [0.4, 0.5) is 4.79 Å². The first-order valence-electron chi connectivity index (χ1n) is 9.00. The van der Waals surface area contributed by atoms with Gasteiger partial charge in [-0.15, -0.1) is 0 Å². The molecule has 1 N–H and O–H groups in total. The van der Waals surface area contributed by atoms with Crippen LogP contribution in [0.1, 0.15) is 34.8 Å². The lowest BCUT2D eigenvalue weighted by Crippen LogP contribution is -2.47. The number of rotatable bonds is 4. The number of para-hydroxylation sites is 1. The first-order valence-corrected chi connectivity index (χ1v) is 9.00. The van der Waals surface area contributed by atoms with Crippen LogP contribution in [0, 0.1) is 0 Å². The van der Waals surface area contributed by atoms with E-state index in [4.69, 9.17) is 9.47 Å². The third kappa shape index (κ3) is 2.70. The number of amides is 3. The summed E-state index contributed by atoms with van der Waals surface area (Å²) in [6.45, 7) is 1.81.